The molecule has 0 spiro atoms. The fourth-order valence-corrected chi connectivity index (χ4v) is 1.95. The molecular formula is C16H18FNO. The first kappa shape index (κ1) is 13.7. The summed E-state index contributed by atoms with van der Waals surface area (Å²) in [6, 6.07) is 9.11. The van der Waals surface area contributed by atoms with Crippen LogP contribution >= 0.6 is 0 Å². The molecule has 0 saturated heterocycles. The van der Waals surface area contributed by atoms with E-state index in [2.05, 4.69) is 25.8 Å². The van der Waals surface area contributed by atoms with Crippen LogP contribution in [-0.2, 0) is 5.41 Å². The van der Waals surface area contributed by atoms with Gasteiger partial charge in [0.25, 0.3) is 0 Å². The van der Waals surface area contributed by atoms with Crippen LogP contribution in [0.15, 0.2) is 42.7 Å². The van der Waals surface area contributed by atoms with Gasteiger partial charge in [0.1, 0.15) is 11.9 Å². The smallest absolute Gasteiger partial charge is 0.147 e. The zero-order chi connectivity index (χ0) is 14.0. The van der Waals surface area contributed by atoms with Crippen molar-refractivity contribution in [1.29, 1.82) is 0 Å². The van der Waals surface area contributed by atoms with Crippen molar-refractivity contribution >= 4 is 0 Å². The number of aliphatic hydroxyl groups is 1. The molecule has 1 unspecified atom stereocenters. The first-order valence-electron chi connectivity index (χ1n) is 6.27. The standard InChI is InChI=1S/C16H18FNO/c1-16(2,3)12-6-4-11(5-7-12)15(19)13-8-9-18-10-14(13)17/h4-10,15,19H,1-3H3. The summed E-state index contributed by atoms with van der Waals surface area (Å²) >= 11 is 0. The van der Waals surface area contributed by atoms with E-state index >= 15 is 0 Å². The molecule has 1 heterocycles. The molecule has 0 aliphatic carbocycles. The Labute approximate surface area is 112 Å². The third kappa shape index (κ3) is 2.99. The van der Waals surface area contributed by atoms with Crippen molar-refractivity contribution in [3.05, 3.63) is 65.2 Å². The monoisotopic (exact) mass is 259 g/mol. The van der Waals surface area contributed by atoms with Gasteiger partial charge in [-0.05, 0) is 22.6 Å². The van der Waals surface area contributed by atoms with Crippen molar-refractivity contribution in [1.82, 2.24) is 4.98 Å². The maximum Gasteiger partial charge on any atom is 0.147 e. The van der Waals surface area contributed by atoms with Crippen LogP contribution in [0.3, 0.4) is 0 Å². The molecule has 1 aromatic carbocycles. The molecule has 0 radical (unpaired) electrons. The Hall–Kier alpha value is -1.74. The largest absolute Gasteiger partial charge is 0.384 e. The van der Waals surface area contributed by atoms with Crippen LogP contribution in [-0.4, -0.2) is 10.1 Å². The number of benzene rings is 1. The summed E-state index contributed by atoms with van der Waals surface area (Å²) in [6.07, 6.45) is 1.63. The lowest BCUT2D eigenvalue weighted by atomic mass is 9.86. The summed E-state index contributed by atoms with van der Waals surface area (Å²) < 4.78 is 13.6. The molecule has 0 amide bonds. The summed E-state index contributed by atoms with van der Waals surface area (Å²) in [5, 5.41) is 10.2. The third-order valence-corrected chi connectivity index (χ3v) is 3.19. The molecular weight excluding hydrogens is 241 g/mol. The second-order valence-corrected chi connectivity index (χ2v) is 5.67. The predicted octanol–water partition coefficient (Wildman–Crippen LogP) is 3.60. The molecule has 19 heavy (non-hydrogen) atoms. The second-order valence-electron chi connectivity index (χ2n) is 5.67. The maximum atomic E-state index is 13.6. The summed E-state index contributed by atoms with van der Waals surface area (Å²) in [7, 11) is 0. The van der Waals surface area contributed by atoms with Gasteiger partial charge in [-0.15, -0.1) is 0 Å². The average molecular weight is 259 g/mol. The van der Waals surface area contributed by atoms with Gasteiger partial charge in [0, 0.05) is 11.8 Å². The lowest BCUT2D eigenvalue weighted by molar-refractivity contribution is 0.214. The van der Waals surface area contributed by atoms with E-state index in [1.54, 1.807) is 0 Å². The number of aromatic nitrogens is 1. The third-order valence-electron chi connectivity index (χ3n) is 3.19. The fourth-order valence-electron chi connectivity index (χ4n) is 1.95. The Morgan fingerprint density at radius 2 is 1.74 bits per heavy atom. The van der Waals surface area contributed by atoms with Gasteiger partial charge in [0.05, 0.1) is 6.20 Å². The Bertz CT molecular complexity index is 558. The number of aliphatic hydroxyl groups excluding tert-OH is 1. The van der Waals surface area contributed by atoms with Crippen LogP contribution in [0.4, 0.5) is 4.39 Å². The van der Waals surface area contributed by atoms with E-state index in [1.165, 1.54) is 17.8 Å². The zero-order valence-electron chi connectivity index (χ0n) is 11.4. The lowest BCUT2D eigenvalue weighted by Gasteiger charge is -2.20. The summed E-state index contributed by atoms with van der Waals surface area (Å²) in [5.74, 6) is -0.491. The van der Waals surface area contributed by atoms with E-state index < -0.39 is 11.9 Å². The van der Waals surface area contributed by atoms with E-state index in [0.717, 1.165) is 6.20 Å². The number of rotatable bonds is 2. The van der Waals surface area contributed by atoms with E-state index in [1.807, 2.05) is 24.3 Å². The van der Waals surface area contributed by atoms with Crippen molar-refractivity contribution in [3.63, 3.8) is 0 Å². The van der Waals surface area contributed by atoms with Gasteiger partial charge in [-0.25, -0.2) is 4.39 Å². The minimum atomic E-state index is -0.961. The van der Waals surface area contributed by atoms with Crippen molar-refractivity contribution in [2.45, 2.75) is 32.3 Å². The lowest BCUT2D eigenvalue weighted by Crippen LogP contribution is -2.11. The molecule has 100 valence electrons. The van der Waals surface area contributed by atoms with Gasteiger partial charge in [0.15, 0.2) is 0 Å². The molecule has 3 heteroatoms. The summed E-state index contributed by atoms with van der Waals surface area (Å²) in [6.45, 7) is 6.38. The molecule has 0 saturated carbocycles. The fraction of sp³-hybridized carbons (Fsp3) is 0.312. The molecule has 0 aliphatic rings. The Balaban J connectivity index is 2.31. The predicted molar refractivity (Wildman–Crippen MR) is 73.4 cm³/mol. The van der Waals surface area contributed by atoms with Crippen molar-refractivity contribution in [2.75, 3.05) is 0 Å². The van der Waals surface area contributed by atoms with Crippen molar-refractivity contribution in [3.8, 4) is 0 Å². The van der Waals surface area contributed by atoms with Gasteiger partial charge in [0.2, 0.25) is 0 Å². The number of hydrogen-bond acceptors (Lipinski definition) is 2. The molecule has 1 atom stereocenters. The highest BCUT2D eigenvalue weighted by molar-refractivity contribution is 5.33. The zero-order valence-corrected chi connectivity index (χ0v) is 11.4. The van der Waals surface area contributed by atoms with E-state index in [0.29, 0.717) is 5.56 Å². The van der Waals surface area contributed by atoms with Crippen LogP contribution in [0, 0.1) is 5.82 Å². The number of halogens is 1. The number of nitrogens with zero attached hydrogens (tertiary/aromatic N) is 1. The number of hydrogen-bond donors (Lipinski definition) is 1. The van der Waals surface area contributed by atoms with Gasteiger partial charge >= 0.3 is 0 Å². The highest BCUT2D eigenvalue weighted by Crippen LogP contribution is 2.27. The van der Waals surface area contributed by atoms with Crippen LogP contribution < -0.4 is 0 Å². The van der Waals surface area contributed by atoms with E-state index in [-0.39, 0.29) is 11.0 Å². The minimum absolute atomic E-state index is 0.0609. The first-order chi connectivity index (χ1) is 8.89. The molecule has 1 aromatic heterocycles. The molecule has 2 rings (SSSR count). The van der Waals surface area contributed by atoms with Gasteiger partial charge in [-0.1, -0.05) is 45.0 Å². The number of pyridine rings is 1. The maximum absolute atomic E-state index is 13.6. The van der Waals surface area contributed by atoms with Gasteiger partial charge in [-0.3, -0.25) is 4.98 Å². The quantitative estimate of drug-likeness (QED) is 0.894. The van der Waals surface area contributed by atoms with Crippen molar-refractivity contribution in [2.24, 2.45) is 0 Å². The summed E-state index contributed by atoms with van der Waals surface area (Å²) in [4.78, 5) is 3.68. The molecule has 2 nitrogen and oxygen atoms in total. The Kier molecular flexibility index (Phi) is 3.67. The van der Waals surface area contributed by atoms with E-state index in [4.69, 9.17) is 0 Å². The van der Waals surface area contributed by atoms with Crippen LogP contribution in [0.1, 0.15) is 43.6 Å². The van der Waals surface area contributed by atoms with Crippen molar-refractivity contribution < 1.29 is 9.50 Å². The van der Waals surface area contributed by atoms with Gasteiger partial charge in [-0.2, -0.15) is 0 Å². The molecule has 0 bridgehead atoms. The topological polar surface area (TPSA) is 33.1 Å². The highest BCUT2D eigenvalue weighted by Gasteiger charge is 2.17. The van der Waals surface area contributed by atoms with Crippen LogP contribution in [0.25, 0.3) is 0 Å². The SMILES string of the molecule is CC(C)(C)c1ccc(C(O)c2ccncc2F)cc1. The van der Waals surface area contributed by atoms with Gasteiger partial charge < -0.3 is 5.11 Å². The molecule has 0 aliphatic heterocycles. The van der Waals surface area contributed by atoms with E-state index in [9.17, 15) is 9.50 Å². The van der Waals surface area contributed by atoms with Crippen LogP contribution in [0.2, 0.25) is 0 Å². The summed E-state index contributed by atoms with van der Waals surface area (Å²) in [5.41, 5.74) is 2.17. The Morgan fingerprint density at radius 1 is 1.11 bits per heavy atom. The molecule has 0 fully saturated rings. The minimum Gasteiger partial charge on any atom is -0.384 e. The first-order valence-corrected chi connectivity index (χ1v) is 6.27. The molecule has 2 aromatic rings. The normalized spacial score (nSPS) is 13.3. The van der Waals surface area contributed by atoms with Crippen LogP contribution in [0.5, 0.6) is 0 Å². The Morgan fingerprint density at radius 3 is 2.26 bits per heavy atom. The highest BCUT2D eigenvalue weighted by atomic mass is 19.1. The average Bonchev–Trinajstić information content (AvgIpc) is 2.38. The molecule has 1 N–H and O–H groups in total. The second kappa shape index (κ2) is 5.10.